The number of hydrogen-bond donors (Lipinski definition) is 0. The van der Waals surface area contributed by atoms with Gasteiger partial charge >= 0.3 is 0 Å². The fourth-order valence-corrected chi connectivity index (χ4v) is 2.97. The van der Waals surface area contributed by atoms with Gasteiger partial charge in [-0.25, -0.2) is 0 Å². The molecule has 0 atom stereocenters. The number of hydrogen-bond acceptors (Lipinski definition) is 6. The summed E-state index contributed by atoms with van der Waals surface area (Å²) in [5.74, 6) is 0.935. The number of carbonyl (C=O) groups is 2. The first-order valence-electron chi connectivity index (χ1n) is 8.47. The molecular weight excluding hydrogens is 348 g/mol. The van der Waals surface area contributed by atoms with Crippen LogP contribution in [0.2, 0.25) is 0 Å². The molecule has 0 saturated heterocycles. The molecular formula is C21H20O6. The summed E-state index contributed by atoms with van der Waals surface area (Å²) in [6.45, 7) is 0. The smallest absolute Gasteiger partial charge is 0.198 e. The second-order valence-electron chi connectivity index (χ2n) is 6.01. The van der Waals surface area contributed by atoms with Crippen molar-refractivity contribution in [2.75, 3.05) is 14.2 Å². The Labute approximate surface area is 156 Å². The van der Waals surface area contributed by atoms with E-state index in [1.807, 2.05) is 6.07 Å². The van der Waals surface area contributed by atoms with E-state index in [1.165, 1.54) is 19.6 Å². The van der Waals surface area contributed by atoms with Crippen LogP contribution in [-0.2, 0) is 0 Å². The van der Waals surface area contributed by atoms with Gasteiger partial charge in [0.1, 0.15) is 11.5 Å². The van der Waals surface area contributed by atoms with Crippen LogP contribution in [0.1, 0.15) is 45.4 Å². The molecule has 0 spiro atoms. The van der Waals surface area contributed by atoms with Gasteiger partial charge in [0.2, 0.25) is 0 Å². The number of rotatable bonds is 9. The molecule has 3 rings (SSSR count). The van der Waals surface area contributed by atoms with Crippen molar-refractivity contribution in [3.8, 4) is 11.5 Å². The van der Waals surface area contributed by atoms with Crippen LogP contribution in [0.3, 0.4) is 0 Å². The van der Waals surface area contributed by atoms with Crippen LogP contribution in [0.25, 0.3) is 0 Å². The summed E-state index contributed by atoms with van der Waals surface area (Å²) >= 11 is 0. The molecule has 140 valence electrons. The predicted octanol–water partition coefficient (Wildman–Crippen LogP) is 4.52. The van der Waals surface area contributed by atoms with Crippen molar-refractivity contribution in [1.29, 1.82) is 0 Å². The Balaban J connectivity index is 1.91. The van der Waals surface area contributed by atoms with Crippen molar-refractivity contribution in [1.82, 2.24) is 0 Å². The summed E-state index contributed by atoms with van der Waals surface area (Å²) < 4.78 is 21.1. The van der Waals surface area contributed by atoms with Gasteiger partial charge in [-0.15, -0.1) is 0 Å². The predicted molar refractivity (Wildman–Crippen MR) is 97.6 cm³/mol. The molecule has 0 aliphatic heterocycles. The van der Waals surface area contributed by atoms with Gasteiger partial charge < -0.3 is 18.3 Å². The second kappa shape index (κ2) is 8.40. The zero-order chi connectivity index (χ0) is 19.2. The standard InChI is InChI=1S/C21H20O6/c1-24-15-7-8-16(21(13-15)25-2)14(11-17(22)19-5-3-9-26-19)12-18(23)20-6-4-10-27-20/h3-10,13-14H,11-12H2,1-2H3. The zero-order valence-electron chi connectivity index (χ0n) is 15.1. The number of ketones is 2. The molecule has 6 nitrogen and oxygen atoms in total. The van der Waals surface area contributed by atoms with Crippen LogP contribution >= 0.6 is 0 Å². The quantitative estimate of drug-likeness (QED) is 0.517. The lowest BCUT2D eigenvalue weighted by Crippen LogP contribution is -2.13. The maximum Gasteiger partial charge on any atom is 0.198 e. The molecule has 0 N–H and O–H groups in total. The minimum atomic E-state index is -0.402. The van der Waals surface area contributed by atoms with Gasteiger partial charge in [0.25, 0.3) is 0 Å². The van der Waals surface area contributed by atoms with Crippen molar-refractivity contribution in [2.45, 2.75) is 18.8 Å². The summed E-state index contributed by atoms with van der Waals surface area (Å²) in [5.41, 5.74) is 0.748. The topological polar surface area (TPSA) is 78.9 Å². The van der Waals surface area contributed by atoms with E-state index >= 15 is 0 Å². The van der Waals surface area contributed by atoms with Crippen molar-refractivity contribution in [3.05, 3.63) is 72.1 Å². The fraction of sp³-hybridized carbons (Fsp3) is 0.238. The number of methoxy groups -OCH3 is 2. The highest BCUT2D eigenvalue weighted by molar-refractivity contribution is 5.97. The number of furan rings is 2. The van der Waals surface area contributed by atoms with Gasteiger partial charge in [0.15, 0.2) is 23.1 Å². The highest BCUT2D eigenvalue weighted by atomic mass is 16.5. The van der Waals surface area contributed by atoms with Gasteiger partial charge in [-0.1, -0.05) is 6.07 Å². The number of benzene rings is 1. The third-order valence-electron chi connectivity index (χ3n) is 4.34. The third kappa shape index (κ3) is 4.28. The maximum atomic E-state index is 12.6. The Bertz CT molecular complexity index is 845. The van der Waals surface area contributed by atoms with E-state index in [0.29, 0.717) is 11.5 Å². The summed E-state index contributed by atoms with van der Waals surface area (Å²) in [6.07, 6.45) is 3.10. The number of carbonyl (C=O) groups excluding carboxylic acids is 2. The molecule has 0 radical (unpaired) electrons. The highest BCUT2D eigenvalue weighted by Gasteiger charge is 2.26. The Kier molecular flexibility index (Phi) is 5.76. The third-order valence-corrected chi connectivity index (χ3v) is 4.34. The molecule has 2 heterocycles. The average molecular weight is 368 g/mol. The molecule has 0 saturated carbocycles. The second-order valence-corrected chi connectivity index (χ2v) is 6.01. The Morgan fingerprint density at radius 1 is 0.889 bits per heavy atom. The van der Waals surface area contributed by atoms with Gasteiger partial charge in [0, 0.05) is 24.8 Å². The molecule has 0 unspecified atom stereocenters. The Morgan fingerprint density at radius 2 is 1.48 bits per heavy atom. The number of Topliss-reactive ketones (excluding diaryl/α,β-unsaturated/α-hetero) is 2. The molecule has 1 aromatic carbocycles. The van der Waals surface area contributed by atoms with Gasteiger partial charge in [0.05, 0.1) is 26.7 Å². The lowest BCUT2D eigenvalue weighted by Gasteiger charge is -2.19. The molecule has 3 aromatic rings. The van der Waals surface area contributed by atoms with E-state index in [-0.39, 0.29) is 35.9 Å². The van der Waals surface area contributed by atoms with Gasteiger partial charge in [-0.2, -0.15) is 0 Å². The number of ether oxygens (including phenoxy) is 2. The molecule has 0 aliphatic carbocycles. The fourth-order valence-electron chi connectivity index (χ4n) is 2.97. The first-order chi connectivity index (χ1) is 13.1. The van der Waals surface area contributed by atoms with Crippen LogP contribution < -0.4 is 9.47 Å². The van der Waals surface area contributed by atoms with Crippen LogP contribution in [-0.4, -0.2) is 25.8 Å². The van der Waals surface area contributed by atoms with E-state index in [9.17, 15) is 9.59 Å². The monoisotopic (exact) mass is 368 g/mol. The SMILES string of the molecule is COc1ccc(C(CC(=O)c2ccco2)CC(=O)c2ccco2)c(OC)c1. The molecule has 27 heavy (non-hydrogen) atoms. The van der Waals surface area contributed by atoms with E-state index in [4.69, 9.17) is 18.3 Å². The lowest BCUT2D eigenvalue weighted by molar-refractivity contribution is 0.0915. The Hall–Kier alpha value is -3.28. The first kappa shape index (κ1) is 18.5. The molecule has 0 amide bonds. The average Bonchev–Trinajstić information content (AvgIpc) is 3.40. The van der Waals surface area contributed by atoms with Crippen LogP contribution in [0, 0.1) is 0 Å². The molecule has 2 aromatic heterocycles. The summed E-state index contributed by atoms with van der Waals surface area (Å²) in [7, 11) is 3.10. The van der Waals surface area contributed by atoms with E-state index in [2.05, 4.69) is 0 Å². The maximum absolute atomic E-state index is 12.6. The summed E-state index contributed by atoms with van der Waals surface area (Å²) in [4.78, 5) is 25.2. The lowest BCUT2D eigenvalue weighted by atomic mass is 9.87. The van der Waals surface area contributed by atoms with E-state index in [1.54, 1.807) is 43.5 Å². The normalized spacial score (nSPS) is 10.8. The molecule has 0 bridgehead atoms. The van der Waals surface area contributed by atoms with Crippen LogP contribution in [0.15, 0.2) is 63.8 Å². The highest BCUT2D eigenvalue weighted by Crippen LogP contribution is 2.36. The largest absolute Gasteiger partial charge is 0.497 e. The van der Waals surface area contributed by atoms with Crippen molar-refractivity contribution in [3.63, 3.8) is 0 Å². The minimum absolute atomic E-state index is 0.0999. The van der Waals surface area contributed by atoms with E-state index < -0.39 is 5.92 Å². The van der Waals surface area contributed by atoms with Crippen LogP contribution in [0.4, 0.5) is 0 Å². The molecule has 6 heteroatoms. The van der Waals surface area contributed by atoms with Crippen LogP contribution in [0.5, 0.6) is 11.5 Å². The molecule has 0 fully saturated rings. The van der Waals surface area contributed by atoms with Crippen molar-refractivity contribution < 1.29 is 27.9 Å². The van der Waals surface area contributed by atoms with E-state index in [0.717, 1.165) is 5.56 Å². The summed E-state index contributed by atoms with van der Waals surface area (Å²) in [5, 5.41) is 0. The zero-order valence-corrected chi connectivity index (χ0v) is 15.1. The van der Waals surface area contributed by atoms with Crippen molar-refractivity contribution in [2.24, 2.45) is 0 Å². The van der Waals surface area contributed by atoms with Gasteiger partial charge in [-0.05, 0) is 35.9 Å². The van der Waals surface area contributed by atoms with Crippen molar-refractivity contribution >= 4 is 11.6 Å². The Morgan fingerprint density at radius 3 is 1.93 bits per heavy atom. The first-order valence-corrected chi connectivity index (χ1v) is 8.47. The summed E-state index contributed by atoms with van der Waals surface area (Å²) in [6, 6.07) is 11.9. The van der Waals surface area contributed by atoms with Gasteiger partial charge in [-0.3, -0.25) is 9.59 Å². The minimum Gasteiger partial charge on any atom is -0.497 e. The molecule has 0 aliphatic rings.